The van der Waals surface area contributed by atoms with Crippen LogP contribution in [0.25, 0.3) is 0 Å². The number of aromatic hydroxyl groups is 1. The number of rotatable bonds is 22. The summed E-state index contributed by atoms with van der Waals surface area (Å²) in [6, 6.07) is 18.9. The van der Waals surface area contributed by atoms with Crippen molar-refractivity contribution in [1.82, 2.24) is 21.3 Å². The quantitative estimate of drug-likeness (QED) is 0.0375. The van der Waals surface area contributed by atoms with Crippen LogP contribution in [-0.4, -0.2) is 89.4 Å². The first-order chi connectivity index (χ1) is 25.9. The van der Waals surface area contributed by atoms with Crippen molar-refractivity contribution in [3.05, 3.63) is 102 Å². The average molecular weight is 762 g/mol. The van der Waals surface area contributed by atoms with E-state index in [1.165, 1.54) is 23.9 Å². The minimum atomic E-state index is -1.14. The molecule has 0 aromatic heterocycles. The largest absolute Gasteiger partial charge is 0.508 e. The first-order valence-corrected chi connectivity index (χ1v) is 18.9. The van der Waals surface area contributed by atoms with Gasteiger partial charge in [-0.25, -0.2) is 0 Å². The van der Waals surface area contributed by atoms with E-state index < -0.39 is 59.7 Å². The molecule has 0 spiro atoms. The lowest BCUT2D eigenvalue weighted by Crippen LogP contribution is -2.59. The van der Waals surface area contributed by atoms with E-state index in [9.17, 15) is 29.1 Å². The van der Waals surface area contributed by atoms with Crippen molar-refractivity contribution in [2.45, 2.75) is 68.7 Å². The van der Waals surface area contributed by atoms with E-state index in [0.717, 1.165) is 11.1 Å². The number of primary amides is 1. The fourth-order valence-corrected chi connectivity index (χ4v) is 5.95. The molecular formula is C38H51N9O6S. The molecular weight excluding hydrogens is 711 g/mol. The molecule has 0 saturated heterocycles. The third-order valence-corrected chi connectivity index (χ3v) is 9.05. The monoisotopic (exact) mass is 761 g/mol. The lowest BCUT2D eigenvalue weighted by atomic mass is 10.0. The zero-order valence-corrected chi connectivity index (χ0v) is 31.1. The van der Waals surface area contributed by atoms with Crippen LogP contribution >= 0.6 is 11.8 Å². The molecule has 16 heteroatoms. The number of carbonyl (C=O) groups excluding carboxylic acids is 5. The molecule has 0 saturated carbocycles. The van der Waals surface area contributed by atoms with Crippen LogP contribution in [0.2, 0.25) is 0 Å². The Kier molecular flexibility index (Phi) is 17.8. The summed E-state index contributed by atoms with van der Waals surface area (Å²) in [6.45, 7) is 0.174. The minimum absolute atomic E-state index is 0.0761. The van der Waals surface area contributed by atoms with Gasteiger partial charge >= 0.3 is 0 Å². The highest BCUT2D eigenvalue weighted by Crippen LogP contribution is 2.12. The van der Waals surface area contributed by atoms with Crippen LogP contribution in [0.15, 0.2) is 89.9 Å². The molecule has 290 valence electrons. The van der Waals surface area contributed by atoms with Crippen LogP contribution in [-0.2, 0) is 43.2 Å². The Morgan fingerprint density at radius 3 is 1.61 bits per heavy atom. The number of phenols is 1. The van der Waals surface area contributed by atoms with Crippen LogP contribution in [0.4, 0.5) is 0 Å². The number of benzene rings is 3. The molecule has 54 heavy (non-hydrogen) atoms. The van der Waals surface area contributed by atoms with Gasteiger partial charge in [0.2, 0.25) is 29.5 Å². The fraction of sp³-hybridized carbons (Fsp3) is 0.368. The van der Waals surface area contributed by atoms with Gasteiger partial charge in [0, 0.05) is 19.4 Å². The molecule has 3 aromatic rings. The maximum Gasteiger partial charge on any atom is 0.243 e. The average Bonchev–Trinajstić information content (AvgIpc) is 3.15. The van der Waals surface area contributed by atoms with Crippen molar-refractivity contribution in [2.24, 2.45) is 27.9 Å². The highest BCUT2D eigenvalue weighted by molar-refractivity contribution is 7.98. The number of nitrogens with two attached hydrogens (primary N) is 4. The minimum Gasteiger partial charge on any atom is -0.508 e. The second kappa shape index (κ2) is 22.5. The van der Waals surface area contributed by atoms with Gasteiger partial charge in [0.05, 0.1) is 6.04 Å². The Bertz CT molecular complexity index is 1690. The highest BCUT2D eigenvalue weighted by atomic mass is 32.2. The third-order valence-electron chi connectivity index (χ3n) is 8.41. The first-order valence-electron chi connectivity index (χ1n) is 17.5. The number of aliphatic imine (C=N–C) groups is 1. The van der Waals surface area contributed by atoms with E-state index >= 15 is 0 Å². The Labute approximate surface area is 319 Å². The topological polar surface area (TPSA) is 270 Å². The normalized spacial score (nSPS) is 13.6. The van der Waals surface area contributed by atoms with Crippen LogP contribution < -0.4 is 44.2 Å². The second-order valence-corrected chi connectivity index (χ2v) is 13.7. The molecule has 0 heterocycles. The van der Waals surface area contributed by atoms with Crippen molar-refractivity contribution in [3.8, 4) is 5.75 Å². The second-order valence-electron chi connectivity index (χ2n) is 12.7. The summed E-state index contributed by atoms with van der Waals surface area (Å²) < 4.78 is 0. The molecule has 5 amide bonds. The predicted octanol–water partition coefficient (Wildman–Crippen LogP) is -0.0214. The maximum absolute atomic E-state index is 13.9. The van der Waals surface area contributed by atoms with E-state index in [1.54, 1.807) is 48.5 Å². The van der Waals surface area contributed by atoms with Crippen molar-refractivity contribution >= 4 is 47.3 Å². The highest BCUT2D eigenvalue weighted by Gasteiger charge is 2.31. The van der Waals surface area contributed by atoms with Crippen molar-refractivity contribution in [1.29, 1.82) is 0 Å². The SMILES string of the molecule is CSCCC(NC(=O)C(Cc1ccccc1)NC(=O)C(N)Cc1ccc(O)cc1)C(=O)NC(CCCN=C(N)N)C(=O)NC(Cc1ccccc1)C(N)=O. The molecule has 5 atom stereocenters. The van der Waals surface area contributed by atoms with Gasteiger partial charge in [0.25, 0.3) is 0 Å². The molecule has 3 aromatic carbocycles. The molecule has 13 N–H and O–H groups in total. The number of thioether (sulfide) groups is 1. The Morgan fingerprint density at radius 1 is 0.630 bits per heavy atom. The zero-order valence-electron chi connectivity index (χ0n) is 30.3. The number of nitrogens with one attached hydrogen (secondary N) is 4. The molecule has 0 aliphatic heterocycles. The third kappa shape index (κ3) is 15.2. The number of carbonyl (C=O) groups is 5. The van der Waals surface area contributed by atoms with Gasteiger partial charge in [-0.2, -0.15) is 11.8 Å². The number of amides is 5. The van der Waals surface area contributed by atoms with Crippen molar-refractivity contribution in [3.63, 3.8) is 0 Å². The van der Waals surface area contributed by atoms with E-state index in [0.29, 0.717) is 17.7 Å². The smallest absolute Gasteiger partial charge is 0.243 e. The molecule has 0 radical (unpaired) electrons. The molecule has 0 fully saturated rings. The van der Waals surface area contributed by atoms with Crippen LogP contribution in [0.1, 0.15) is 36.0 Å². The lowest BCUT2D eigenvalue weighted by molar-refractivity contribution is -0.134. The first kappa shape index (κ1) is 42.8. The summed E-state index contributed by atoms with van der Waals surface area (Å²) in [5, 5.41) is 20.5. The summed E-state index contributed by atoms with van der Waals surface area (Å²) in [4.78, 5) is 71.1. The van der Waals surface area contributed by atoms with Gasteiger partial charge in [0.1, 0.15) is 29.9 Å². The zero-order chi connectivity index (χ0) is 39.5. The molecule has 0 aliphatic rings. The number of guanidine groups is 1. The number of hydrogen-bond donors (Lipinski definition) is 9. The van der Waals surface area contributed by atoms with E-state index in [4.69, 9.17) is 22.9 Å². The summed E-state index contributed by atoms with van der Waals surface area (Å²) >= 11 is 1.46. The van der Waals surface area contributed by atoms with Crippen molar-refractivity contribution in [2.75, 3.05) is 18.6 Å². The van der Waals surface area contributed by atoms with Crippen LogP contribution in [0.3, 0.4) is 0 Å². The van der Waals surface area contributed by atoms with Gasteiger partial charge < -0.3 is 49.3 Å². The fourth-order valence-electron chi connectivity index (χ4n) is 5.48. The van der Waals surface area contributed by atoms with Gasteiger partial charge in [0.15, 0.2) is 5.96 Å². The molecule has 15 nitrogen and oxygen atoms in total. The summed E-state index contributed by atoms with van der Waals surface area (Å²) in [5.41, 5.74) is 25.0. The molecule has 0 aliphatic carbocycles. The summed E-state index contributed by atoms with van der Waals surface area (Å²) in [7, 11) is 0. The maximum atomic E-state index is 13.9. The predicted molar refractivity (Wildman–Crippen MR) is 210 cm³/mol. The van der Waals surface area contributed by atoms with Gasteiger partial charge in [-0.3, -0.25) is 29.0 Å². The molecule has 0 bridgehead atoms. The Hall–Kier alpha value is -5.61. The van der Waals surface area contributed by atoms with Crippen LogP contribution in [0, 0.1) is 0 Å². The number of phenolic OH excluding ortho intramolecular Hbond substituents is 1. The van der Waals surface area contributed by atoms with Crippen LogP contribution in [0.5, 0.6) is 5.75 Å². The molecule has 5 unspecified atom stereocenters. The standard InChI is InChI=1S/C38H51N9O6S/c1-54-20-18-30(36(52)44-29(13-8-19-43-38(41)42)35(51)46-31(33(40)49)22-24-9-4-2-5-10-24)45-37(53)32(23-25-11-6-3-7-12-25)47-34(50)28(39)21-26-14-16-27(48)17-15-26/h2-7,9-12,14-17,28-32,48H,8,13,18-23,39H2,1H3,(H2,40,49)(H,44,52)(H,45,53)(H,46,51)(H,47,50)(H4,41,42,43). The Morgan fingerprint density at radius 2 is 1.09 bits per heavy atom. The van der Waals surface area contributed by atoms with E-state index in [-0.39, 0.29) is 50.4 Å². The van der Waals surface area contributed by atoms with Gasteiger partial charge in [-0.05, 0) is 66.5 Å². The van der Waals surface area contributed by atoms with E-state index in [1.807, 2.05) is 30.5 Å². The van der Waals surface area contributed by atoms with Gasteiger partial charge in [-0.1, -0.05) is 72.8 Å². The van der Waals surface area contributed by atoms with E-state index in [2.05, 4.69) is 26.3 Å². The number of hydrogen-bond acceptors (Lipinski definition) is 9. The van der Waals surface area contributed by atoms with Gasteiger partial charge in [-0.15, -0.1) is 0 Å². The van der Waals surface area contributed by atoms with Crippen molar-refractivity contribution < 1.29 is 29.1 Å². The summed E-state index contributed by atoms with van der Waals surface area (Å²) in [6.07, 6.45) is 2.84. The Balaban J connectivity index is 1.80. The molecule has 3 rings (SSSR count). The lowest BCUT2D eigenvalue weighted by Gasteiger charge is -2.27. The summed E-state index contributed by atoms with van der Waals surface area (Å²) in [5.74, 6) is -2.84. The number of nitrogens with zero attached hydrogens (tertiary/aromatic N) is 1.